The van der Waals surface area contributed by atoms with Crippen molar-refractivity contribution in [3.63, 3.8) is 0 Å². The third kappa shape index (κ3) is 3.73. The summed E-state index contributed by atoms with van der Waals surface area (Å²) < 4.78 is 27.4. The number of nitrogens with zero attached hydrogens (tertiary/aromatic N) is 1. The molecule has 5 rings (SSSR count). The maximum absolute atomic E-state index is 12.3. The number of sulfonamides is 1. The van der Waals surface area contributed by atoms with Crippen molar-refractivity contribution in [1.82, 2.24) is 4.98 Å². The van der Waals surface area contributed by atoms with Crippen LogP contribution in [0.2, 0.25) is 0 Å². The van der Waals surface area contributed by atoms with Gasteiger partial charge in [0.1, 0.15) is 5.78 Å². The molecule has 0 radical (unpaired) electrons. The molecular weight excluding hydrogens is 384 g/mol. The first kappa shape index (κ1) is 18.6. The molecule has 29 heavy (non-hydrogen) atoms. The Balaban J connectivity index is 1.41. The Hall–Kier alpha value is -2.47. The maximum atomic E-state index is 12.3. The summed E-state index contributed by atoms with van der Waals surface area (Å²) in [6.45, 7) is 0. The minimum Gasteiger partial charge on any atom is -0.299 e. The number of fused-ring (bicyclic) bond motifs is 1. The molecule has 150 valence electrons. The SMILES string of the molecule is O=C(Cc1cc(-c2ccc(NS(=O)(=O)C3CCC3)cc2)c2c(n1)CC=C2)C1CC1. The molecule has 0 amide bonds. The Kier molecular flexibility index (Phi) is 4.54. The third-order valence-corrected chi connectivity index (χ3v) is 7.99. The highest BCUT2D eigenvalue weighted by atomic mass is 32.2. The number of allylic oxidation sites excluding steroid dienone is 1. The quantitative estimate of drug-likeness (QED) is 0.747. The smallest absolute Gasteiger partial charge is 0.235 e. The number of ketones is 1. The summed E-state index contributed by atoms with van der Waals surface area (Å²) in [6.07, 6.45) is 9.84. The zero-order chi connectivity index (χ0) is 20.0. The molecule has 0 atom stereocenters. The van der Waals surface area contributed by atoms with E-state index >= 15 is 0 Å². The van der Waals surface area contributed by atoms with Crippen LogP contribution in [-0.2, 0) is 27.7 Å². The summed E-state index contributed by atoms with van der Waals surface area (Å²) in [7, 11) is -3.29. The van der Waals surface area contributed by atoms with Crippen molar-refractivity contribution in [1.29, 1.82) is 0 Å². The average molecular weight is 409 g/mol. The summed E-state index contributed by atoms with van der Waals surface area (Å²) in [4.78, 5) is 17.0. The predicted octanol–water partition coefficient (Wildman–Crippen LogP) is 4.13. The van der Waals surface area contributed by atoms with Gasteiger partial charge in [0, 0.05) is 35.7 Å². The second-order valence-electron chi connectivity index (χ2n) is 8.32. The van der Waals surface area contributed by atoms with Gasteiger partial charge in [-0.05, 0) is 55.0 Å². The van der Waals surface area contributed by atoms with Crippen LogP contribution in [0.1, 0.15) is 49.1 Å². The molecule has 1 aromatic carbocycles. The van der Waals surface area contributed by atoms with Crippen molar-refractivity contribution in [3.8, 4) is 11.1 Å². The second kappa shape index (κ2) is 7.10. The van der Waals surface area contributed by atoms with E-state index in [0.717, 1.165) is 66.6 Å². The van der Waals surface area contributed by atoms with Gasteiger partial charge in [0.25, 0.3) is 0 Å². The van der Waals surface area contributed by atoms with Crippen molar-refractivity contribution >= 4 is 27.6 Å². The van der Waals surface area contributed by atoms with E-state index < -0.39 is 10.0 Å². The van der Waals surface area contributed by atoms with Gasteiger partial charge in [-0.3, -0.25) is 14.5 Å². The largest absolute Gasteiger partial charge is 0.299 e. The zero-order valence-electron chi connectivity index (χ0n) is 16.2. The van der Waals surface area contributed by atoms with Gasteiger partial charge in [-0.25, -0.2) is 8.42 Å². The topological polar surface area (TPSA) is 76.1 Å². The van der Waals surface area contributed by atoms with Gasteiger partial charge < -0.3 is 0 Å². The Bertz CT molecular complexity index is 1100. The molecule has 2 saturated carbocycles. The first-order valence-electron chi connectivity index (χ1n) is 10.3. The van der Waals surface area contributed by atoms with Gasteiger partial charge in [-0.1, -0.05) is 30.7 Å². The number of carbonyl (C=O) groups excluding carboxylic acids is 1. The number of nitrogens with one attached hydrogen (secondary N) is 1. The lowest BCUT2D eigenvalue weighted by Crippen LogP contribution is -2.33. The molecule has 1 heterocycles. The van der Waals surface area contributed by atoms with Gasteiger partial charge in [0.05, 0.1) is 10.9 Å². The normalized spacial score (nSPS) is 18.3. The van der Waals surface area contributed by atoms with Crippen LogP contribution in [0.5, 0.6) is 0 Å². The van der Waals surface area contributed by atoms with E-state index in [-0.39, 0.29) is 17.0 Å². The molecule has 2 aromatic rings. The van der Waals surface area contributed by atoms with Gasteiger partial charge in [0.15, 0.2) is 0 Å². The van der Waals surface area contributed by atoms with Crippen molar-refractivity contribution in [2.24, 2.45) is 5.92 Å². The van der Waals surface area contributed by atoms with E-state index in [9.17, 15) is 13.2 Å². The van der Waals surface area contributed by atoms with Crippen LogP contribution in [0.3, 0.4) is 0 Å². The fourth-order valence-corrected chi connectivity index (χ4v) is 5.58. The molecule has 3 aliphatic rings. The molecule has 0 unspecified atom stereocenters. The lowest BCUT2D eigenvalue weighted by molar-refractivity contribution is -0.119. The summed E-state index contributed by atoms with van der Waals surface area (Å²) in [5.41, 5.74) is 5.57. The van der Waals surface area contributed by atoms with E-state index in [4.69, 9.17) is 4.98 Å². The number of anilines is 1. The summed E-state index contributed by atoms with van der Waals surface area (Å²) >= 11 is 0. The van der Waals surface area contributed by atoms with Crippen molar-refractivity contribution < 1.29 is 13.2 Å². The number of benzene rings is 1. The predicted molar refractivity (Wildman–Crippen MR) is 114 cm³/mol. The zero-order valence-corrected chi connectivity index (χ0v) is 17.0. The Morgan fingerprint density at radius 1 is 1.10 bits per heavy atom. The van der Waals surface area contributed by atoms with Crippen LogP contribution in [0.15, 0.2) is 36.4 Å². The third-order valence-electron chi connectivity index (χ3n) is 6.12. The number of aromatic nitrogens is 1. The highest BCUT2D eigenvalue weighted by Crippen LogP contribution is 2.35. The molecule has 5 nitrogen and oxygen atoms in total. The first-order chi connectivity index (χ1) is 14.0. The minimum absolute atomic E-state index is 0.231. The lowest BCUT2D eigenvalue weighted by atomic mass is 9.97. The fourth-order valence-electron chi connectivity index (χ4n) is 4.00. The lowest BCUT2D eigenvalue weighted by Gasteiger charge is -2.25. The van der Waals surface area contributed by atoms with Crippen LogP contribution in [0.25, 0.3) is 17.2 Å². The molecular formula is C23H24N2O3S. The number of carbonyl (C=O) groups is 1. The standard InChI is InChI=1S/C23H24N2O3S/c26-23(16-7-8-16)14-18-13-21(20-5-2-6-22(20)24-18)15-9-11-17(12-10-15)25-29(27,28)19-3-1-4-19/h2,5,9-13,16,19,25H,1,3-4,6-8,14H2. The van der Waals surface area contributed by atoms with E-state index in [2.05, 4.69) is 16.9 Å². The molecule has 1 N–H and O–H groups in total. The number of hydrogen-bond donors (Lipinski definition) is 1. The van der Waals surface area contributed by atoms with Gasteiger partial charge >= 0.3 is 0 Å². The Morgan fingerprint density at radius 3 is 2.52 bits per heavy atom. The molecule has 0 bridgehead atoms. The van der Waals surface area contributed by atoms with Crippen LogP contribution < -0.4 is 4.72 Å². The highest BCUT2D eigenvalue weighted by Gasteiger charge is 2.31. The van der Waals surface area contributed by atoms with Gasteiger partial charge in [-0.15, -0.1) is 0 Å². The molecule has 0 spiro atoms. The van der Waals surface area contributed by atoms with Crippen LogP contribution in [0.4, 0.5) is 5.69 Å². The van der Waals surface area contributed by atoms with E-state index in [0.29, 0.717) is 12.1 Å². The molecule has 1 aromatic heterocycles. The molecule has 0 saturated heterocycles. The van der Waals surface area contributed by atoms with E-state index in [1.165, 1.54) is 0 Å². The van der Waals surface area contributed by atoms with Crippen molar-refractivity contribution in [2.45, 2.75) is 50.2 Å². The summed E-state index contributed by atoms with van der Waals surface area (Å²) in [5, 5.41) is -0.262. The highest BCUT2D eigenvalue weighted by molar-refractivity contribution is 7.93. The van der Waals surface area contributed by atoms with Crippen molar-refractivity contribution in [3.05, 3.63) is 53.4 Å². The summed E-state index contributed by atoms with van der Waals surface area (Å²) in [5.74, 6) is 0.518. The second-order valence-corrected chi connectivity index (χ2v) is 10.3. The van der Waals surface area contributed by atoms with Gasteiger partial charge in [0.2, 0.25) is 10.0 Å². The fraction of sp³-hybridized carbons (Fsp3) is 0.391. The number of hydrogen-bond acceptors (Lipinski definition) is 4. The van der Waals surface area contributed by atoms with E-state index in [1.807, 2.05) is 30.3 Å². The summed E-state index contributed by atoms with van der Waals surface area (Å²) in [6, 6.07) is 9.51. The Labute approximate surface area is 171 Å². The van der Waals surface area contributed by atoms with Gasteiger partial charge in [-0.2, -0.15) is 0 Å². The number of Topliss-reactive ketones (excluding diaryl/α,β-unsaturated/α-hetero) is 1. The van der Waals surface area contributed by atoms with Crippen LogP contribution in [0, 0.1) is 5.92 Å². The number of rotatable bonds is 7. The van der Waals surface area contributed by atoms with Crippen molar-refractivity contribution in [2.75, 3.05) is 4.72 Å². The van der Waals surface area contributed by atoms with Crippen LogP contribution in [-0.4, -0.2) is 24.4 Å². The first-order valence-corrected chi connectivity index (χ1v) is 11.9. The molecule has 0 aliphatic heterocycles. The maximum Gasteiger partial charge on any atom is 0.235 e. The molecule has 2 fully saturated rings. The molecule has 6 heteroatoms. The molecule has 3 aliphatic carbocycles. The van der Waals surface area contributed by atoms with E-state index in [1.54, 1.807) is 0 Å². The van der Waals surface area contributed by atoms with Crippen LogP contribution >= 0.6 is 0 Å². The average Bonchev–Trinajstić information content (AvgIpc) is 3.38. The minimum atomic E-state index is -3.29. The monoisotopic (exact) mass is 408 g/mol. The Morgan fingerprint density at radius 2 is 1.86 bits per heavy atom. The number of pyridine rings is 1.